The van der Waals surface area contributed by atoms with Crippen molar-refractivity contribution in [2.75, 3.05) is 13.7 Å². The lowest BCUT2D eigenvalue weighted by molar-refractivity contribution is -0.150. The molecule has 11 nitrogen and oxygen atoms in total. The van der Waals surface area contributed by atoms with E-state index in [9.17, 15) is 19.5 Å². The summed E-state index contributed by atoms with van der Waals surface area (Å²) >= 11 is 0. The number of aliphatic hydroxyl groups is 1. The zero-order valence-corrected chi connectivity index (χ0v) is 19.7. The summed E-state index contributed by atoms with van der Waals surface area (Å²) in [5.41, 5.74) is -0.550. The van der Waals surface area contributed by atoms with Gasteiger partial charge in [-0.1, -0.05) is 24.3 Å². The SMILES string of the molecule is CNC(=O)[C@H]1[C@H]2C(=O)N([C@H](C)CO)C(C(=O)NCn3nnc4ccccc43)C23CC(C)[C@]1(C)O3. The van der Waals surface area contributed by atoms with Gasteiger partial charge >= 0.3 is 0 Å². The van der Waals surface area contributed by atoms with Crippen molar-refractivity contribution < 1.29 is 24.2 Å². The van der Waals surface area contributed by atoms with Crippen LogP contribution in [0.3, 0.4) is 0 Å². The number of likely N-dealkylation sites (tertiary alicyclic amines) is 1. The lowest BCUT2D eigenvalue weighted by atomic mass is 9.62. The molecule has 1 aromatic carbocycles. The molecule has 3 unspecified atom stereocenters. The molecule has 1 spiro atoms. The Morgan fingerprint density at radius 1 is 1.32 bits per heavy atom. The van der Waals surface area contributed by atoms with Gasteiger partial charge in [-0.05, 0) is 38.3 Å². The van der Waals surface area contributed by atoms with Gasteiger partial charge in [0, 0.05) is 7.05 Å². The van der Waals surface area contributed by atoms with E-state index in [0.29, 0.717) is 11.9 Å². The summed E-state index contributed by atoms with van der Waals surface area (Å²) in [5.74, 6) is -2.59. The monoisotopic (exact) mass is 470 g/mol. The number of hydrogen-bond donors (Lipinski definition) is 3. The topological polar surface area (TPSA) is 139 Å². The van der Waals surface area contributed by atoms with Crippen LogP contribution in [0.25, 0.3) is 11.0 Å². The summed E-state index contributed by atoms with van der Waals surface area (Å²) in [6.07, 6.45) is 0.465. The molecule has 3 N–H and O–H groups in total. The van der Waals surface area contributed by atoms with Crippen LogP contribution in [0.4, 0.5) is 0 Å². The van der Waals surface area contributed by atoms with Crippen LogP contribution >= 0.6 is 0 Å². The number of para-hydroxylation sites is 1. The molecule has 34 heavy (non-hydrogen) atoms. The number of ether oxygens (including phenoxy) is 1. The Labute approximate surface area is 196 Å². The summed E-state index contributed by atoms with van der Waals surface area (Å²) in [6.45, 7) is 5.27. The number of nitrogens with zero attached hydrogens (tertiary/aromatic N) is 4. The number of amides is 3. The largest absolute Gasteiger partial charge is 0.394 e. The minimum atomic E-state index is -1.15. The molecule has 0 radical (unpaired) electrons. The van der Waals surface area contributed by atoms with E-state index in [-0.39, 0.29) is 31.0 Å². The van der Waals surface area contributed by atoms with Crippen molar-refractivity contribution in [3.05, 3.63) is 24.3 Å². The number of aromatic nitrogens is 3. The van der Waals surface area contributed by atoms with Gasteiger partial charge in [0.2, 0.25) is 17.7 Å². The minimum Gasteiger partial charge on any atom is -0.394 e. The van der Waals surface area contributed by atoms with Crippen LogP contribution < -0.4 is 10.6 Å². The number of fused-ring (bicyclic) bond motifs is 2. The predicted molar refractivity (Wildman–Crippen MR) is 120 cm³/mol. The third kappa shape index (κ3) is 2.86. The highest BCUT2D eigenvalue weighted by Gasteiger charge is 2.80. The van der Waals surface area contributed by atoms with Gasteiger partial charge in [-0.2, -0.15) is 0 Å². The number of rotatable bonds is 6. The molecule has 2 aromatic rings. The molecule has 3 aliphatic rings. The normalized spacial score (nSPS) is 35.0. The van der Waals surface area contributed by atoms with E-state index in [1.54, 1.807) is 11.6 Å². The molecule has 3 amide bonds. The molecule has 5 rings (SSSR count). The molecule has 3 fully saturated rings. The van der Waals surface area contributed by atoms with Gasteiger partial charge < -0.3 is 25.4 Å². The van der Waals surface area contributed by atoms with Crippen molar-refractivity contribution in [1.29, 1.82) is 0 Å². The molecule has 0 saturated carbocycles. The van der Waals surface area contributed by atoms with E-state index < -0.39 is 41.0 Å². The Morgan fingerprint density at radius 2 is 2.06 bits per heavy atom. The fourth-order valence-electron chi connectivity index (χ4n) is 6.38. The number of aliphatic hydroxyl groups excluding tert-OH is 1. The maximum absolute atomic E-state index is 13.7. The summed E-state index contributed by atoms with van der Waals surface area (Å²) in [7, 11) is 1.54. The Kier molecular flexibility index (Phi) is 5.17. The lowest BCUT2D eigenvalue weighted by Crippen LogP contribution is -2.57. The number of benzene rings is 1. The summed E-state index contributed by atoms with van der Waals surface area (Å²) in [6, 6.07) is 5.80. The van der Waals surface area contributed by atoms with E-state index >= 15 is 0 Å². The van der Waals surface area contributed by atoms with Gasteiger partial charge in [-0.15, -0.1) is 5.10 Å². The Morgan fingerprint density at radius 3 is 2.76 bits per heavy atom. The molecule has 1 aromatic heterocycles. The first-order valence-corrected chi connectivity index (χ1v) is 11.6. The number of nitrogens with one attached hydrogen (secondary N) is 2. The van der Waals surface area contributed by atoms with Crippen LogP contribution in [0.2, 0.25) is 0 Å². The quantitative estimate of drug-likeness (QED) is 0.524. The third-order valence-electron chi connectivity index (χ3n) is 8.09. The number of carbonyl (C=O) groups excluding carboxylic acids is 3. The minimum absolute atomic E-state index is 0.0437. The zero-order valence-electron chi connectivity index (χ0n) is 19.7. The summed E-state index contributed by atoms with van der Waals surface area (Å²) in [4.78, 5) is 41.8. The van der Waals surface area contributed by atoms with Crippen molar-refractivity contribution >= 4 is 28.8 Å². The van der Waals surface area contributed by atoms with Crippen molar-refractivity contribution in [1.82, 2.24) is 30.5 Å². The second-order valence-electron chi connectivity index (χ2n) is 9.87. The predicted octanol–water partition coefficient (Wildman–Crippen LogP) is -0.357. The van der Waals surface area contributed by atoms with Crippen LogP contribution in [-0.2, 0) is 25.8 Å². The molecule has 4 heterocycles. The molecule has 3 saturated heterocycles. The number of hydrogen-bond acceptors (Lipinski definition) is 7. The molecule has 11 heteroatoms. The third-order valence-corrected chi connectivity index (χ3v) is 8.09. The van der Waals surface area contributed by atoms with Crippen LogP contribution in [0.1, 0.15) is 27.2 Å². The Balaban J connectivity index is 1.51. The molecular formula is C23H30N6O5. The van der Waals surface area contributed by atoms with E-state index in [1.165, 1.54) is 11.9 Å². The Hall–Kier alpha value is -3.05. The lowest BCUT2D eigenvalue weighted by Gasteiger charge is -2.36. The maximum atomic E-state index is 13.7. The van der Waals surface area contributed by atoms with Crippen LogP contribution in [0, 0.1) is 17.8 Å². The van der Waals surface area contributed by atoms with Gasteiger partial charge in [0.1, 0.15) is 23.8 Å². The first-order chi connectivity index (χ1) is 16.2. The first kappa shape index (κ1) is 22.7. The van der Waals surface area contributed by atoms with Crippen molar-refractivity contribution in [2.45, 2.75) is 57.1 Å². The first-order valence-electron chi connectivity index (χ1n) is 11.6. The average Bonchev–Trinajstić information content (AvgIpc) is 3.50. The molecule has 2 bridgehead atoms. The molecule has 3 aliphatic heterocycles. The van der Waals surface area contributed by atoms with Gasteiger partial charge in [0.05, 0.1) is 35.6 Å². The number of carbonyl (C=O) groups is 3. The molecular weight excluding hydrogens is 440 g/mol. The van der Waals surface area contributed by atoms with Crippen LogP contribution in [-0.4, -0.2) is 79.7 Å². The van der Waals surface area contributed by atoms with Gasteiger partial charge in [0.25, 0.3) is 0 Å². The highest BCUT2D eigenvalue weighted by atomic mass is 16.5. The van der Waals surface area contributed by atoms with Gasteiger partial charge in [-0.25, -0.2) is 4.68 Å². The average molecular weight is 471 g/mol. The van der Waals surface area contributed by atoms with Gasteiger partial charge in [-0.3, -0.25) is 14.4 Å². The van der Waals surface area contributed by atoms with Crippen LogP contribution in [0.15, 0.2) is 24.3 Å². The smallest absolute Gasteiger partial charge is 0.247 e. The van der Waals surface area contributed by atoms with Crippen molar-refractivity contribution in [2.24, 2.45) is 17.8 Å². The van der Waals surface area contributed by atoms with E-state index in [4.69, 9.17) is 4.74 Å². The zero-order chi connectivity index (χ0) is 24.4. The second-order valence-corrected chi connectivity index (χ2v) is 9.87. The fraction of sp³-hybridized carbons (Fsp3) is 0.609. The highest BCUT2D eigenvalue weighted by molar-refractivity contribution is 5.99. The van der Waals surface area contributed by atoms with E-state index in [2.05, 4.69) is 20.9 Å². The molecule has 182 valence electrons. The van der Waals surface area contributed by atoms with Crippen molar-refractivity contribution in [3.63, 3.8) is 0 Å². The second kappa shape index (κ2) is 7.74. The van der Waals surface area contributed by atoms with E-state index in [0.717, 1.165) is 5.52 Å². The fourth-order valence-corrected chi connectivity index (χ4v) is 6.38. The molecule has 7 atom stereocenters. The summed E-state index contributed by atoms with van der Waals surface area (Å²) < 4.78 is 8.13. The Bertz CT molecular complexity index is 1170. The van der Waals surface area contributed by atoms with Crippen molar-refractivity contribution in [3.8, 4) is 0 Å². The summed E-state index contributed by atoms with van der Waals surface area (Å²) in [5, 5.41) is 23.7. The van der Waals surface area contributed by atoms with Gasteiger partial charge in [0.15, 0.2) is 0 Å². The van der Waals surface area contributed by atoms with E-state index in [1.807, 2.05) is 38.1 Å². The maximum Gasteiger partial charge on any atom is 0.247 e. The molecule has 0 aliphatic carbocycles. The standard InChI is InChI=1S/C23H30N6O5/c1-12-9-23-17(16(19(31)24-4)22(12,3)34-23)21(33)29(13(2)10-30)18(23)20(32)25-11-28-15-8-6-5-7-14(15)26-27-28/h5-8,12-13,16-18,30H,9-11H2,1-4H3,(H,24,31)(H,25,32)/t12?,13-,16-,17+,18?,22+,23?/m1/s1. The highest BCUT2D eigenvalue weighted by Crippen LogP contribution is 2.65. The van der Waals surface area contributed by atoms with Crippen LogP contribution in [0.5, 0.6) is 0 Å².